The molecule has 2 aromatic heterocycles. The minimum absolute atomic E-state index is 1.02. The summed E-state index contributed by atoms with van der Waals surface area (Å²) in [4.78, 5) is 8.42. The lowest BCUT2D eigenvalue weighted by atomic mass is 10.1. The highest BCUT2D eigenvalue weighted by atomic mass is 127. The summed E-state index contributed by atoms with van der Waals surface area (Å²) in [5.41, 5.74) is 3.35. The van der Waals surface area contributed by atoms with E-state index in [0.717, 1.165) is 15.0 Å². The summed E-state index contributed by atoms with van der Waals surface area (Å²) in [6.07, 6.45) is 3.65. The van der Waals surface area contributed by atoms with Crippen molar-refractivity contribution in [1.29, 1.82) is 0 Å². The summed E-state index contributed by atoms with van der Waals surface area (Å²) in [5, 5.41) is 0. The molecule has 0 fully saturated rings. The smallest absolute Gasteiger partial charge is 0.102 e. The van der Waals surface area contributed by atoms with Gasteiger partial charge in [-0.1, -0.05) is 6.07 Å². The van der Waals surface area contributed by atoms with Crippen molar-refractivity contribution < 1.29 is 0 Å². The average molecular weight is 296 g/mol. The largest absolute Gasteiger partial charge is 0.264 e. The van der Waals surface area contributed by atoms with E-state index < -0.39 is 0 Å². The molecule has 14 heavy (non-hydrogen) atoms. The van der Waals surface area contributed by atoms with Crippen molar-refractivity contribution in [2.75, 3.05) is 0 Å². The Hall–Kier alpha value is -0.970. The van der Waals surface area contributed by atoms with Crippen LogP contribution in [-0.4, -0.2) is 9.97 Å². The van der Waals surface area contributed by atoms with Gasteiger partial charge >= 0.3 is 0 Å². The SMILES string of the molecule is Cc1cc(-c2cccnc2)cc(I)n1. The van der Waals surface area contributed by atoms with Crippen molar-refractivity contribution in [3.63, 3.8) is 0 Å². The molecular formula is C11H9IN2. The molecule has 70 valence electrons. The van der Waals surface area contributed by atoms with Gasteiger partial charge in [-0.2, -0.15) is 0 Å². The lowest BCUT2D eigenvalue weighted by Gasteiger charge is -2.02. The highest BCUT2D eigenvalue weighted by Gasteiger charge is 2.00. The third-order valence-corrected chi connectivity index (χ3v) is 2.47. The van der Waals surface area contributed by atoms with Gasteiger partial charge in [0.15, 0.2) is 0 Å². The van der Waals surface area contributed by atoms with Gasteiger partial charge in [0.1, 0.15) is 3.70 Å². The quantitative estimate of drug-likeness (QED) is 0.597. The van der Waals surface area contributed by atoms with Crippen molar-refractivity contribution in [3.05, 3.63) is 46.1 Å². The van der Waals surface area contributed by atoms with E-state index in [-0.39, 0.29) is 0 Å². The molecule has 0 amide bonds. The Labute approximate surface area is 96.6 Å². The summed E-state index contributed by atoms with van der Waals surface area (Å²) in [7, 11) is 0. The Morgan fingerprint density at radius 1 is 1.21 bits per heavy atom. The van der Waals surface area contributed by atoms with E-state index >= 15 is 0 Å². The van der Waals surface area contributed by atoms with Gasteiger partial charge < -0.3 is 0 Å². The summed E-state index contributed by atoms with van der Waals surface area (Å²) >= 11 is 2.23. The minimum Gasteiger partial charge on any atom is -0.264 e. The molecule has 3 heteroatoms. The van der Waals surface area contributed by atoms with Gasteiger partial charge in [-0.25, -0.2) is 4.98 Å². The molecule has 2 nitrogen and oxygen atoms in total. The Balaban J connectivity index is 2.52. The normalized spacial score (nSPS) is 10.1. The first-order chi connectivity index (χ1) is 6.75. The van der Waals surface area contributed by atoms with Crippen molar-refractivity contribution in [3.8, 4) is 11.1 Å². The Morgan fingerprint density at radius 2 is 2.07 bits per heavy atom. The van der Waals surface area contributed by atoms with Crippen LogP contribution in [0.4, 0.5) is 0 Å². The van der Waals surface area contributed by atoms with Gasteiger partial charge in [0.2, 0.25) is 0 Å². The first-order valence-electron chi connectivity index (χ1n) is 4.30. The van der Waals surface area contributed by atoms with E-state index in [1.807, 2.05) is 19.2 Å². The molecule has 0 saturated heterocycles. The monoisotopic (exact) mass is 296 g/mol. The van der Waals surface area contributed by atoms with E-state index in [2.05, 4.69) is 50.8 Å². The zero-order chi connectivity index (χ0) is 9.97. The number of halogens is 1. The fourth-order valence-electron chi connectivity index (χ4n) is 1.33. The van der Waals surface area contributed by atoms with Crippen LogP contribution in [0.25, 0.3) is 11.1 Å². The minimum atomic E-state index is 1.02. The molecule has 0 aliphatic carbocycles. The molecule has 0 aliphatic rings. The number of aryl methyl sites for hydroxylation is 1. The van der Waals surface area contributed by atoms with Crippen LogP contribution in [-0.2, 0) is 0 Å². The molecule has 0 radical (unpaired) electrons. The second kappa shape index (κ2) is 4.04. The van der Waals surface area contributed by atoms with Crippen LogP contribution in [0.3, 0.4) is 0 Å². The van der Waals surface area contributed by atoms with Gasteiger partial charge in [0.25, 0.3) is 0 Å². The summed E-state index contributed by atoms with van der Waals surface area (Å²) in [6.45, 7) is 2.00. The maximum atomic E-state index is 4.33. The number of hydrogen-bond donors (Lipinski definition) is 0. The average Bonchev–Trinajstić information content (AvgIpc) is 2.18. The van der Waals surface area contributed by atoms with Crippen LogP contribution in [0.2, 0.25) is 0 Å². The summed E-state index contributed by atoms with van der Waals surface area (Å²) < 4.78 is 1.02. The van der Waals surface area contributed by atoms with Gasteiger partial charge in [-0.05, 0) is 53.3 Å². The van der Waals surface area contributed by atoms with Crippen molar-refractivity contribution >= 4 is 22.6 Å². The van der Waals surface area contributed by atoms with E-state index in [4.69, 9.17) is 0 Å². The molecule has 0 bridgehead atoms. The fourth-order valence-corrected chi connectivity index (χ4v) is 2.04. The first-order valence-corrected chi connectivity index (χ1v) is 5.38. The number of pyridine rings is 2. The zero-order valence-corrected chi connectivity index (χ0v) is 9.89. The van der Waals surface area contributed by atoms with E-state index in [1.54, 1.807) is 6.20 Å². The van der Waals surface area contributed by atoms with Crippen LogP contribution in [0.5, 0.6) is 0 Å². The molecule has 0 saturated carbocycles. The van der Waals surface area contributed by atoms with Crippen LogP contribution < -0.4 is 0 Å². The van der Waals surface area contributed by atoms with Gasteiger partial charge in [-0.3, -0.25) is 4.98 Å². The van der Waals surface area contributed by atoms with Crippen LogP contribution in [0.15, 0.2) is 36.7 Å². The molecule has 0 N–H and O–H groups in total. The molecule has 2 aromatic rings. The number of nitrogens with zero attached hydrogens (tertiary/aromatic N) is 2. The van der Waals surface area contributed by atoms with Crippen molar-refractivity contribution in [1.82, 2.24) is 9.97 Å². The van der Waals surface area contributed by atoms with Gasteiger partial charge in [0.05, 0.1) is 0 Å². The first kappa shape index (κ1) is 9.58. The van der Waals surface area contributed by atoms with Crippen LogP contribution in [0, 0.1) is 10.6 Å². The van der Waals surface area contributed by atoms with Crippen molar-refractivity contribution in [2.24, 2.45) is 0 Å². The van der Waals surface area contributed by atoms with Crippen LogP contribution >= 0.6 is 22.6 Å². The zero-order valence-electron chi connectivity index (χ0n) is 7.74. The Morgan fingerprint density at radius 3 is 2.71 bits per heavy atom. The van der Waals surface area contributed by atoms with Gasteiger partial charge in [-0.15, -0.1) is 0 Å². The topological polar surface area (TPSA) is 25.8 Å². The number of hydrogen-bond acceptors (Lipinski definition) is 2. The lowest BCUT2D eigenvalue weighted by molar-refractivity contribution is 1.16. The third kappa shape index (κ3) is 2.09. The molecule has 2 rings (SSSR count). The Bertz CT molecular complexity index is 420. The molecule has 0 unspecified atom stereocenters. The van der Waals surface area contributed by atoms with Crippen LogP contribution in [0.1, 0.15) is 5.69 Å². The summed E-state index contributed by atoms with van der Waals surface area (Å²) in [6, 6.07) is 8.12. The molecule has 0 spiro atoms. The molecule has 2 heterocycles. The van der Waals surface area contributed by atoms with Crippen molar-refractivity contribution in [2.45, 2.75) is 6.92 Å². The second-order valence-electron chi connectivity index (χ2n) is 3.06. The fraction of sp³-hybridized carbons (Fsp3) is 0.0909. The second-order valence-corrected chi connectivity index (χ2v) is 4.17. The molecule has 0 atom stereocenters. The van der Waals surface area contributed by atoms with E-state index in [0.29, 0.717) is 0 Å². The Kier molecular flexibility index (Phi) is 2.77. The van der Waals surface area contributed by atoms with E-state index in [9.17, 15) is 0 Å². The molecule has 0 aliphatic heterocycles. The lowest BCUT2D eigenvalue weighted by Crippen LogP contribution is -1.87. The highest BCUT2D eigenvalue weighted by Crippen LogP contribution is 2.20. The predicted octanol–water partition coefficient (Wildman–Crippen LogP) is 3.06. The maximum Gasteiger partial charge on any atom is 0.102 e. The predicted molar refractivity (Wildman–Crippen MR) is 64.9 cm³/mol. The van der Waals surface area contributed by atoms with Gasteiger partial charge in [0, 0.05) is 23.7 Å². The third-order valence-electron chi connectivity index (χ3n) is 1.92. The highest BCUT2D eigenvalue weighted by molar-refractivity contribution is 14.1. The number of aromatic nitrogens is 2. The molecule has 0 aromatic carbocycles. The number of rotatable bonds is 1. The standard InChI is InChI=1S/C11H9IN2/c1-8-5-10(6-11(12)14-8)9-3-2-4-13-7-9/h2-7H,1H3. The maximum absolute atomic E-state index is 4.33. The van der Waals surface area contributed by atoms with E-state index in [1.165, 1.54) is 5.56 Å². The summed E-state index contributed by atoms with van der Waals surface area (Å²) in [5.74, 6) is 0. The molecular weight excluding hydrogens is 287 g/mol.